The molecule has 0 radical (unpaired) electrons. The fourth-order valence-corrected chi connectivity index (χ4v) is 3.68. The Bertz CT molecular complexity index is 509. The fourth-order valence-electron chi connectivity index (χ4n) is 3.68. The molecule has 0 saturated heterocycles. The minimum Gasteiger partial charge on any atom is -0.394 e. The van der Waals surface area contributed by atoms with Crippen molar-refractivity contribution in [3.63, 3.8) is 0 Å². The minimum atomic E-state index is -1.27. The summed E-state index contributed by atoms with van der Waals surface area (Å²) in [6, 6.07) is -1.01. The first kappa shape index (κ1) is 31.8. The molecule has 0 saturated carbocycles. The molecule has 5 N–H and O–H groups in total. The highest BCUT2D eigenvalue weighted by atomic mass is 16.3. The second-order valence-electron chi connectivity index (χ2n) is 9.04. The molecule has 0 aliphatic heterocycles. The van der Waals surface area contributed by atoms with E-state index in [9.17, 15) is 25.2 Å². The van der Waals surface area contributed by atoms with Gasteiger partial charge in [0.1, 0.15) is 12.2 Å². The van der Waals surface area contributed by atoms with Crippen LogP contribution in [0.25, 0.3) is 0 Å². The normalized spacial score (nSPS) is 15.7. The smallest absolute Gasteiger partial charge is 0.249 e. The number of aliphatic hydroxyl groups is 4. The predicted octanol–water partition coefficient (Wildman–Crippen LogP) is 4.55. The number of carbonyl (C=O) groups is 1. The van der Waals surface area contributed by atoms with Crippen molar-refractivity contribution < 1.29 is 25.2 Å². The standard InChI is InChI=1S/C27H51NO5/c1-3-5-7-9-10-11-12-13-14-15-17-19-21-25(31)27(33)28-23(22-29)26(32)24(30)20-18-16-8-6-4-2/h13-14,17,19,23-26,29-32H,3-12,15-16,18,20-22H2,1-2H3,(H,28,33)/b14-13-,19-17-. The van der Waals surface area contributed by atoms with Crippen LogP contribution in [0, 0.1) is 0 Å². The zero-order valence-electron chi connectivity index (χ0n) is 21.1. The second kappa shape index (κ2) is 22.6. The van der Waals surface area contributed by atoms with Crippen LogP contribution in [0.3, 0.4) is 0 Å². The van der Waals surface area contributed by atoms with E-state index < -0.39 is 36.9 Å². The highest BCUT2D eigenvalue weighted by Crippen LogP contribution is 2.12. The zero-order chi connectivity index (χ0) is 24.7. The van der Waals surface area contributed by atoms with Crippen LogP contribution in [0.2, 0.25) is 0 Å². The summed E-state index contributed by atoms with van der Waals surface area (Å²) in [4.78, 5) is 12.2. The van der Waals surface area contributed by atoms with Gasteiger partial charge in [-0.1, -0.05) is 102 Å². The van der Waals surface area contributed by atoms with Crippen molar-refractivity contribution in [3.05, 3.63) is 24.3 Å². The Labute approximate surface area is 202 Å². The van der Waals surface area contributed by atoms with E-state index in [4.69, 9.17) is 0 Å². The molecule has 0 aliphatic carbocycles. The van der Waals surface area contributed by atoms with Gasteiger partial charge in [0, 0.05) is 6.42 Å². The quantitative estimate of drug-likeness (QED) is 0.118. The third-order valence-corrected chi connectivity index (χ3v) is 5.93. The lowest BCUT2D eigenvalue weighted by Gasteiger charge is -2.27. The molecule has 4 unspecified atom stereocenters. The Hall–Kier alpha value is -1.21. The number of amides is 1. The van der Waals surface area contributed by atoms with Gasteiger partial charge in [-0.15, -0.1) is 0 Å². The maximum atomic E-state index is 12.2. The van der Waals surface area contributed by atoms with E-state index in [0.29, 0.717) is 6.42 Å². The summed E-state index contributed by atoms with van der Waals surface area (Å²) in [5.74, 6) is -0.661. The van der Waals surface area contributed by atoms with Crippen LogP contribution in [0.4, 0.5) is 0 Å². The molecule has 0 heterocycles. The molecule has 0 aliphatic rings. The van der Waals surface area contributed by atoms with Crippen molar-refractivity contribution >= 4 is 5.91 Å². The molecule has 4 atom stereocenters. The lowest BCUT2D eigenvalue weighted by Crippen LogP contribution is -2.53. The highest BCUT2D eigenvalue weighted by Gasteiger charge is 2.28. The topological polar surface area (TPSA) is 110 Å². The number of hydrogen-bond donors (Lipinski definition) is 5. The molecule has 0 fully saturated rings. The van der Waals surface area contributed by atoms with Gasteiger partial charge in [0.25, 0.3) is 0 Å². The molecule has 0 aromatic heterocycles. The van der Waals surface area contributed by atoms with E-state index in [0.717, 1.165) is 44.9 Å². The third kappa shape index (κ3) is 17.9. The number of allylic oxidation sites excluding steroid dienone is 3. The van der Waals surface area contributed by atoms with Gasteiger partial charge >= 0.3 is 0 Å². The Kier molecular flexibility index (Phi) is 21.7. The first-order valence-corrected chi connectivity index (χ1v) is 13.2. The van der Waals surface area contributed by atoms with Crippen LogP contribution >= 0.6 is 0 Å². The molecule has 0 aromatic carbocycles. The lowest BCUT2D eigenvalue weighted by atomic mass is 9.99. The van der Waals surface area contributed by atoms with Crippen LogP contribution in [-0.4, -0.2) is 57.3 Å². The van der Waals surface area contributed by atoms with E-state index in [1.165, 1.54) is 38.5 Å². The zero-order valence-corrected chi connectivity index (χ0v) is 21.1. The van der Waals surface area contributed by atoms with Crippen LogP contribution in [0.5, 0.6) is 0 Å². The highest BCUT2D eigenvalue weighted by molar-refractivity contribution is 5.81. The van der Waals surface area contributed by atoms with Crippen molar-refractivity contribution in [1.29, 1.82) is 0 Å². The molecule has 0 bridgehead atoms. The maximum absolute atomic E-state index is 12.2. The second-order valence-corrected chi connectivity index (χ2v) is 9.04. The Morgan fingerprint density at radius 1 is 0.788 bits per heavy atom. The van der Waals surface area contributed by atoms with Gasteiger partial charge < -0.3 is 25.7 Å². The average molecular weight is 470 g/mol. The van der Waals surface area contributed by atoms with Crippen LogP contribution in [-0.2, 0) is 4.79 Å². The number of hydrogen-bond acceptors (Lipinski definition) is 5. The van der Waals surface area contributed by atoms with E-state index >= 15 is 0 Å². The van der Waals surface area contributed by atoms with Gasteiger partial charge in [-0.3, -0.25) is 4.79 Å². The van der Waals surface area contributed by atoms with Crippen molar-refractivity contribution in [2.45, 2.75) is 135 Å². The summed E-state index contributed by atoms with van der Waals surface area (Å²) >= 11 is 0. The molecule has 0 aromatic rings. The number of unbranched alkanes of at least 4 members (excludes halogenated alkanes) is 10. The molecule has 33 heavy (non-hydrogen) atoms. The largest absolute Gasteiger partial charge is 0.394 e. The fraction of sp³-hybridized carbons (Fsp3) is 0.815. The summed E-state index contributed by atoms with van der Waals surface area (Å²) in [7, 11) is 0. The molecular formula is C27H51NO5. The van der Waals surface area contributed by atoms with E-state index in [1.807, 2.05) is 6.08 Å². The van der Waals surface area contributed by atoms with Gasteiger partial charge in [0.05, 0.1) is 18.8 Å². The number of nitrogens with one attached hydrogen (secondary N) is 1. The van der Waals surface area contributed by atoms with Crippen molar-refractivity contribution in [2.24, 2.45) is 0 Å². The van der Waals surface area contributed by atoms with Crippen LogP contribution in [0.15, 0.2) is 24.3 Å². The average Bonchev–Trinajstić information content (AvgIpc) is 2.82. The van der Waals surface area contributed by atoms with Crippen molar-refractivity contribution in [1.82, 2.24) is 5.32 Å². The van der Waals surface area contributed by atoms with E-state index in [1.54, 1.807) is 6.08 Å². The number of rotatable bonds is 22. The summed E-state index contributed by atoms with van der Waals surface area (Å²) < 4.78 is 0. The first-order chi connectivity index (χ1) is 16.0. The molecule has 1 amide bonds. The van der Waals surface area contributed by atoms with E-state index in [-0.39, 0.29) is 6.42 Å². The monoisotopic (exact) mass is 469 g/mol. The van der Waals surface area contributed by atoms with Crippen LogP contribution < -0.4 is 5.32 Å². The molecule has 6 heteroatoms. The van der Waals surface area contributed by atoms with Crippen molar-refractivity contribution in [2.75, 3.05) is 6.61 Å². The summed E-state index contributed by atoms with van der Waals surface area (Å²) in [6.45, 7) is 3.85. The summed E-state index contributed by atoms with van der Waals surface area (Å²) in [5, 5.41) is 42.5. The van der Waals surface area contributed by atoms with E-state index in [2.05, 4.69) is 31.3 Å². The molecule has 6 nitrogen and oxygen atoms in total. The Morgan fingerprint density at radius 2 is 1.36 bits per heavy atom. The first-order valence-electron chi connectivity index (χ1n) is 13.2. The molecule has 0 rings (SSSR count). The SMILES string of the molecule is CCCCCCCC/C=C\C/C=C\CC(O)C(=O)NC(CO)C(O)C(O)CCCCCCC. The summed E-state index contributed by atoms with van der Waals surface area (Å²) in [6.07, 6.45) is 19.7. The number of aliphatic hydroxyl groups excluding tert-OH is 4. The van der Waals surface area contributed by atoms with Gasteiger partial charge in [-0.2, -0.15) is 0 Å². The lowest BCUT2D eigenvalue weighted by molar-refractivity contribution is -0.132. The predicted molar refractivity (Wildman–Crippen MR) is 136 cm³/mol. The minimum absolute atomic E-state index is 0.158. The van der Waals surface area contributed by atoms with Crippen molar-refractivity contribution in [3.8, 4) is 0 Å². The van der Waals surface area contributed by atoms with Gasteiger partial charge in [-0.05, 0) is 25.7 Å². The van der Waals surface area contributed by atoms with Gasteiger partial charge in [-0.25, -0.2) is 0 Å². The molecule has 0 spiro atoms. The van der Waals surface area contributed by atoms with Gasteiger partial charge in [0.2, 0.25) is 5.91 Å². The third-order valence-electron chi connectivity index (χ3n) is 5.93. The number of carbonyl (C=O) groups excluding carboxylic acids is 1. The summed E-state index contributed by atoms with van der Waals surface area (Å²) in [5.41, 5.74) is 0. The van der Waals surface area contributed by atoms with Crippen LogP contribution in [0.1, 0.15) is 110 Å². The molecule has 194 valence electrons. The molecular weight excluding hydrogens is 418 g/mol. The Morgan fingerprint density at radius 3 is 2.00 bits per heavy atom. The van der Waals surface area contributed by atoms with Gasteiger partial charge in [0.15, 0.2) is 0 Å². The maximum Gasteiger partial charge on any atom is 0.249 e. The Balaban J connectivity index is 4.09.